The Morgan fingerprint density at radius 3 is 2.31 bits per heavy atom. The largest absolute Gasteiger partial charge is 0.367 e. The number of benzene rings is 2. The van der Waals surface area contributed by atoms with Crippen LogP contribution in [0, 0.1) is 0 Å². The summed E-state index contributed by atoms with van der Waals surface area (Å²) >= 11 is 0. The van der Waals surface area contributed by atoms with Crippen molar-refractivity contribution in [3.05, 3.63) is 60.2 Å². The van der Waals surface area contributed by atoms with E-state index in [1.165, 1.54) is 6.08 Å². The molecule has 1 amide bonds. The van der Waals surface area contributed by atoms with Gasteiger partial charge in [-0.1, -0.05) is 24.3 Å². The van der Waals surface area contributed by atoms with Crippen LogP contribution in [-0.2, 0) is 14.8 Å². The molecule has 29 heavy (non-hydrogen) atoms. The lowest BCUT2D eigenvalue weighted by atomic mass is 10.2. The van der Waals surface area contributed by atoms with Crippen molar-refractivity contribution in [3.8, 4) is 0 Å². The topological polar surface area (TPSA) is 81.8 Å². The van der Waals surface area contributed by atoms with E-state index in [-0.39, 0.29) is 5.91 Å². The van der Waals surface area contributed by atoms with Gasteiger partial charge < -0.3 is 15.1 Å². The molecule has 3 rings (SSSR count). The van der Waals surface area contributed by atoms with E-state index in [0.717, 1.165) is 49.4 Å². The van der Waals surface area contributed by atoms with Gasteiger partial charge in [0.05, 0.1) is 17.6 Å². The fourth-order valence-electron chi connectivity index (χ4n) is 3.13. The van der Waals surface area contributed by atoms with E-state index in [1.807, 2.05) is 24.3 Å². The van der Waals surface area contributed by atoms with E-state index in [1.54, 1.807) is 30.3 Å². The number of nitrogens with zero attached hydrogens (tertiary/aromatic N) is 2. The van der Waals surface area contributed by atoms with Crippen molar-refractivity contribution in [3.63, 3.8) is 0 Å². The van der Waals surface area contributed by atoms with Gasteiger partial charge in [0.2, 0.25) is 15.9 Å². The van der Waals surface area contributed by atoms with Crippen molar-refractivity contribution >= 4 is 39.1 Å². The number of anilines is 3. The van der Waals surface area contributed by atoms with Crippen molar-refractivity contribution in [2.45, 2.75) is 0 Å². The first-order valence-electron chi connectivity index (χ1n) is 9.39. The summed E-state index contributed by atoms with van der Waals surface area (Å²) in [6.07, 6.45) is 4.27. The number of hydrogen-bond donors (Lipinski definition) is 2. The standard InChI is InChI=1S/C21H26N4O3S/c1-24-13-15-25(16-14-24)20-6-4-3-5-19(20)22-21(26)12-9-17-7-10-18(11-8-17)23-29(2,27)28/h3-12,23H,13-16H2,1-2H3,(H,22,26)/b12-9+. The predicted molar refractivity (Wildman–Crippen MR) is 119 cm³/mol. The van der Waals surface area contributed by atoms with Gasteiger partial charge in [0.25, 0.3) is 0 Å². The Bertz CT molecular complexity index is 979. The highest BCUT2D eigenvalue weighted by Gasteiger charge is 2.17. The summed E-state index contributed by atoms with van der Waals surface area (Å²) in [7, 11) is -1.19. The lowest BCUT2D eigenvalue weighted by molar-refractivity contribution is -0.111. The molecule has 2 N–H and O–H groups in total. The lowest BCUT2D eigenvalue weighted by Crippen LogP contribution is -2.44. The van der Waals surface area contributed by atoms with Gasteiger partial charge in [-0.05, 0) is 43.0 Å². The summed E-state index contributed by atoms with van der Waals surface area (Å²) in [4.78, 5) is 17.0. The van der Waals surface area contributed by atoms with Gasteiger partial charge >= 0.3 is 0 Å². The summed E-state index contributed by atoms with van der Waals surface area (Å²) < 4.78 is 24.9. The van der Waals surface area contributed by atoms with Crippen LogP contribution in [-0.4, -0.2) is 58.7 Å². The maximum Gasteiger partial charge on any atom is 0.248 e. The minimum absolute atomic E-state index is 0.218. The summed E-state index contributed by atoms with van der Waals surface area (Å²) in [6, 6.07) is 14.6. The number of rotatable bonds is 6. The van der Waals surface area contributed by atoms with Gasteiger partial charge in [0, 0.05) is 37.9 Å². The Morgan fingerprint density at radius 2 is 1.66 bits per heavy atom. The Morgan fingerprint density at radius 1 is 1.00 bits per heavy atom. The second kappa shape index (κ2) is 9.11. The van der Waals surface area contributed by atoms with Crippen LogP contribution in [0.3, 0.4) is 0 Å². The normalized spacial score (nSPS) is 15.4. The zero-order chi connectivity index (χ0) is 20.9. The van der Waals surface area contributed by atoms with Crippen molar-refractivity contribution in [1.29, 1.82) is 0 Å². The molecule has 1 aliphatic heterocycles. The zero-order valence-electron chi connectivity index (χ0n) is 16.6. The predicted octanol–water partition coefficient (Wildman–Crippen LogP) is 2.46. The maximum atomic E-state index is 12.4. The molecule has 2 aromatic carbocycles. The Labute approximate surface area is 172 Å². The molecule has 1 heterocycles. The van der Waals surface area contributed by atoms with Crippen molar-refractivity contribution in [1.82, 2.24) is 4.90 Å². The monoisotopic (exact) mass is 414 g/mol. The molecule has 0 aliphatic carbocycles. The molecule has 1 saturated heterocycles. The molecule has 0 radical (unpaired) electrons. The highest BCUT2D eigenvalue weighted by Crippen LogP contribution is 2.26. The Hall–Kier alpha value is -2.84. The van der Waals surface area contributed by atoms with Crippen LogP contribution < -0.4 is 14.9 Å². The van der Waals surface area contributed by atoms with E-state index in [2.05, 4.69) is 26.9 Å². The quantitative estimate of drug-likeness (QED) is 0.710. The fraction of sp³-hybridized carbons (Fsp3) is 0.286. The van der Waals surface area contributed by atoms with Crippen LogP contribution in [0.25, 0.3) is 6.08 Å². The minimum Gasteiger partial charge on any atom is -0.367 e. The third-order valence-electron chi connectivity index (χ3n) is 4.65. The van der Waals surface area contributed by atoms with Crippen LogP contribution in [0.1, 0.15) is 5.56 Å². The van der Waals surface area contributed by atoms with E-state index in [9.17, 15) is 13.2 Å². The van der Waals surface area contributed by atoms with Crippen LogP contribution in [0.2, 0.25) is 0 Å². The lowest BCUT2D eigenvalue weighted by Gasteiger charge is -2.35. The van der Waals surface area contributed by atoms with Gasteiger partial charge in [0.15, 0.2) is 0 Å². The third-order valence-corrected chi connectivity index (χ3v) is 5.25. The molecule has 2 aromatic rings. The molecule has 1 fully saturated rings. The molecule has 154 valence electrons. The van der Waals surface area contributed by atoms with Gasteiger partial charge in [-0.2, -0.15) is 0 Å². The third kappa shape index (κ3) is 6.33. The number of likely N-dealkylation sites (N-methyl/N-ethyl adjacent to an activating group) is 1. The summed E-state index contributed by atoms with van der Waals surface area (Å²) in [6.45, 7) is 3.83. The van der Waals surface area contributed by atoms with Gasteiger partial charge in [-0.25, -0.2) is 8.42 Å². The summed E-state index contributed by atoms with van der Waals surface area (Å²) in [5.41, 5.74) is 3.10. The van der Waals surface area contributed by atoms with Crippen LogP contribution >= 0.6 is 0 Å². The Kier molecular flexibility index (Phi) is 6.56. The van der Waals surface area contributed by atoms with Crippen LogP contribution in [0.5, 0.6) is 0 Å². The first kappa shape index (κ1) is 20.9. The first-order chi connectivity index (χ1) is 13.8. The summed E-state index contributed by atoms with van der Waals surface area (Å²) in [5, 5.41) is 2.96. The second-order valence-corrected chi connectivity index (χ2v) is 8.87. The van der Waals surface area contributed by atoms with E-state index in [0.29, 0.717) is 5.69 Å². The number of piperazine rings is 1. The molecule has 1 aliphatic rings. The number of sulfonamides is 1. The van der Waals surface area contributed by atoms with Crippen molar-refractivity contribution < 1.29 is 13.2 Å². The number of carbonyl (C=O) groups excluding carboxylic acids is 1. The molecule has 8 heteroatoms. The molecule has 0 aromatic heterocycles. The minimum atomic E-state index is -3.31. The van der Waals surface area contributed by atoms with Gasteiger partial charge in [-0.3, -0.25) is 9.52 Å². The smallest absolute Gasteiger partial charge is 0.248 e. The molecule has 0 atom stereocenters. The second-order valence-electron chi connectivity index (χ2n) is 7.13. The molecule has 0 bridgehead atoms. The maximum absolute atomic E-state index is 12.4. The zero-order valence-corrected chi connectivity index (χ0v) is 17.4. The number of amides is 1. The SMILES string of the molecule is CN1CCN(c2ccccc2NC(=O)/C=C/c2ccc(NS(C)(=O)=O)cc2)CC1. The fourth-order valence-corrected chi connectivity index (χ4v) is 3.69. The highest BCUT2D eigenvalue weighted by atomic mass is 32.2. The molecule has 0 spiro atoms. The summed E-state index contributed by atoms with van der Waals surface area (Å²) in [5.74, 6) is -0.218. The van der Waals surface area contributed by atoms with Gasteiger partial charge in [-0.15, -0.1) is 0 Å². The van der Waals surface area contributed by atoms with Crippen molar-refractivity contribution in [2.24, 2.45) is 0 Å². The molecular weight excluding hydrogens is 388 g/mol. The van der Waals surface area contributed by atoms with Gasteiger partial charge in [0.1, 0.15) is 0 Å². The molecule has 0 unspecified atom stereocenters. The number of nitrogens with one attached hydrogen (secondary N) is 2. The molecular formula is C21H26N4O3S. The van der Waals surface area contributed by atoms with E-state index >= 15 is 0 Å². The van der Waals surface area contributed by atoms with E-state index in [4.69, 9.17) is 0 Å². The average molecular weight is 415 g/mol. The molecule has 7 nitrogen and oxygen atoms in total. The Balaban J connectivity index is 1.64. The first-order valence-corrected chi connectivity index (χ1v) is 11.3. The number of carbonyl (C=O) groups is 1. The number of hydrogen-bond acceptors (Lipinski definition) is 5. The van der Waals surface area contributed by atoms with Crippen molar-refractivity contribution in [2.75, 3.05) is 54.4 Å². The van der Waals surface area contributed by atoms with Crippen LogP contribution in [0.4, 0.5) is 17.1 Å². The highest BCUT2D eigenvalue weighted by molar-refractivity contribution is 7.92. The number of para-hydroxylation sites is 2. The van der Waals surface area contributed by atoms with E-state index < -0.39 is 10.0 Å². The average Bonchev–Trinajstić information content (AvgIpc) is 2.67. The molecule has 0 saturated carbocycles. The van der Waals surface area contributed by atoms with Crippen LogP contribution in [0.15, 0.2) is 54.6 Å².